The van der Waals surface area contributed by atoms with E-state index in [1.165, 1.54) is 12.3 Å². The largest absolute Gasteiger partial charge is 0.307 e. The van der Waals surface area contributed by atoms with Gasteiger partial charge in [0.05, 0.1) is 23.3 Å². The number of hydrogen-bond donors (Lipinski definition) is 1. The number of aromatic nitrogens is 3. The fourth-order valence-corrected chi connectivity index (χ4v) is 2.77. The van der Waals surface area contributed by atoms with Gasteiger partial charge in [-0.3, -0.25) is 4.79 Å². The number of carbonyl (C=O) groups is 1. The molecule has 24 heavy (non-hydrogen) atoms. The van der Waals surface area contributed by atoms with Crippen molar-refractivity contribution in [1.29, 1.82) is 0 Å². The molecule has 0 fully saturated rings. The molecule has 2 heterocycles. The molecule has 0 bridgehead atoms. The summed E-state index contributed by atoms with van der Waals surface area (Å²) in [5.74, 6) is 0.233. The number of pyridine rings is 1. The second-order valence-corrected chi connectivity index (χ2v) is 6.54. The molecule has 1 amide bonds. The lowest BCUT2D eigenvalue weighted by Crippen LogP contribution is -2.16. The van der Waals surface area contributed by atoms with E-state index in [4.69, 9.17) is 23.2 Å². The Balaban J connectivity index is 1.79. The van der Waals surface area contributed by atoms with Crippen LogP contribution in [0.5, 0.6) is 0 Å². The molecule has 1 aromatic carbocycles. The van der Waals surface area contributed by atoms with Crippen molar-refractivity contribution in [2.75, 3.05) is 5.32 Å². The highest BCUT2D eigenvalue weighted by atomic mass is 79.9. The quantitative estimate of drug-likeness (QED) is 0.619. The summed E-state index contributed by atoms with van der Waals surface area (Å²) < 4.78 is 2.68. The van der Waals surface area contributed by atoms with Crippen molar-refractivity contribution in [2.45, 2.75) is 6.54 Å². The molecule has 3 rings (SSSR count). The summed E-state index contributed by atoms with van der Waals surface area (Å²) in [5.41, 5.74) is 1.37. The first-order valence-electron chi connectivity index (χ1n) is 6.92. The van der Waals surface area contributed by atoms with Crippen molar-refractivity contribution in [3.63, 3.8) is 0 Å². The van der Waals surface area contributed by atoms with Gasteiger partial charge in [0.15, 0.2) is 0 Å². The number of amides is 1. The smallest absolute Gasteiger partial charge is 0.258 e. The van der Waals surface area contributed by atoms with Gasteiger partial charge in [0.1, 0.15) is 11.0 Å². The Kier molecular flexibility index (Phi) is 5.18. The Morgan fingerprint density at radius 3 is 2.79 bits per heavy atom. The highest BCUT2D eigenvalue weighted by molar-refractivity contribution is 9.10. The lowest BCUT2D eigenvalue weighted by molar-refractivity contribution is 0.102. The van der Waals surface area contributed by atoms with Crippen LogP contribution in [0.4, 0.5) is 5.82 Å². The fraction of sp³-hybridized carbons (Fsp3) is 0.0625. The molecule has 0 saturated carbocycles. The summed E-state index contributed by atoms with van der Waals surface area (Å²) in [5, 5.41) is 7.43. The van der Waals surface area contributed by atoms with Crippen molar-refractivity contribution < 1.29 is 4.79 Å². The van der Waals surface area contributed by atoms with Crippen LogP contribution in [0.3, 0.4) is 0 Å². The standard InChI is InChI=1S/C16H11BrCl2N4O/c17-12-4-2-1-3-10(12)9-23-14(5-6-21-23)22-16(24)11-7-13(18)15(19)20-8-11/h1-8H,9H2,(H,22,24). The SMILES string of the molecule is O=C(Nc1ccnn1Cc1ccccc1Br)c1cnc(Cl)c(Cl)c1. The minimum Gasteiger partial charge on any atom is -0.307 e. The molecule has 2 aromatic heterocycles. The van der Waals surface area contributed by atoms with Crippen LogP contribution >= 0.6 is 39.1 Å². The molecule has 5 nitrogen and oxygen atoms in total. The van der Waals surface area contributed by atoms with Gasteiger partial charge in [-0.25, -0.2) is 9.67 Å². The highest BCUT2D eigenvalue weighted by Crippen LogP contribution is 2.21. The molecule has 0 aliphatic carbocycles. The summed E-state index contributed by atoms with van der Waals surface area (Å²) in [4.78, 5) is 16.2. The molecule has 1 N–H and O–H groups in total. The molecule has 0 atom stereocenters. The number of nitrogens with zero attached hydrogens (tertiary/aromatic N) is 3. The molecule has 122 valence electrons. The third-order valence-corrected chi connectivity index (χ3v) is 4.75. The number of nitrogens with one attached hydrogen (secondary N) is 1. The molecule has 0 aliphatic heterocycles. The zero-order chi connectivity index (χ0) is 17.1. The number of hydrogen-bond acceptors (Lipinski definition) is 3. The Hall–Kier alpha value is -1.89. The van der Waals surface area contributed by atoms with Gasteiger partial charge in [-0.05, 0) is 17.7 Å². The second-order valence-electron chi connectivity index (χ2n) is 4.92. The summed E-state index contributed by atoms with van der Waals surface area (Å²) in [6.45, 7) is 0.518. The van der Waals surface area contributed by atoms with Gasteiger partial charge in [-0.1, -0.05) is 57.3 Å². The third-order valence-electron chi connectivity index (χ3n) is 3.29. The Morgan fingerprint density at radius 1 is 1.25 bits per heavy atom. The van der Waals surface area contributed by atoms with E-state index in [1.54, 1.807) is 16.9 Å². The number of rotatable bonds is 4. The van der Waals surface area contributed by atoms with E-state index in [0.717, 1.165) is 10.0 Å². The van der Waals surface area contributed by atoms with E-state index in [0.29, 0.717) is 17.9 Å². The first kappa shape index (κ1) is 17.0. The van der Waals surface area contributed by atoms with Gasteiger partial charge in [-0.15, -0.1) is 0 Å². The first-order chi connectivity index (χ1) is 11.5. The van der Waals surface area contributed by atoms with E-state index < -0.39 is 0 Å². The number of benzene rings is 1. The molecule has 0 aliphatic rings. The van der Waals surface area contributed by atoms with Crippen molar-refractivity contribution in [2.24, 2.45) is 0 Å². The number of anilines is 1. The van der Waals surface area contributed by atoms with E-state index in [1.807, 2.05) is 24.3 Å². The van der Waals surface area contributed by atoms with Crippen molar-refractivity contribution >= 4 is 50.9 Å². The third kappa shape index (κ3) is 3.77. The monoisotopic (exact) mass is 424 g/mol. The highest BCUT2D eigenvalue weighted by Gasteiger charge is 2.12. The van der Waals surface area contributed by atoms with E-state index in [-0.39, 0.29) is 16.1 Å². The lowest BCUT2D eigenvalue weighted by atomic mass is 10.2. The van der Waals surface area contributed by atoms with Crippen LogP contribution < -0.4 is 5.32 Å². The fourth-order valence-electron chi connectivity index (χ4n) is 2.09. The number of halogens is 3. The van der Waals surface area contributed by atoms with Crippen molar-refractivity contribution in [3.05, 3.63) is 74.6 Å². The predicted octanol–water partition coefficient (Wildman–Crippen LogP) is 4.65. The normalized spacial score (nSPS) is 10.6. The zero-order valence-electron chi connectivity index (χ0n) is 12.2. The van der Waals surface area contributed by atoms with Gasteiger partial charge >= 0.3 is 0 Å². The van der Waals surface area contributed by atoms with Gasteiger partial charge < -0.3 is 5.32 Å². The molecule has 3 aromatic rings. The Labute approximate surface area is 156 Å². The lowest BCUT2D eigenvalue weighted by Gasteiger charge is -2.10. The van der Waals surface area contributed by atoms with Crippen LogP contribution in [0.2, 0.25) is 10.2 Å². The summed E-state index contributed by atoms with van der Waals surface area (Å²) in [6, 6.07) is 11.0. The van der Waals surface area contributed by atoms with Crippen LogP contribution in [-0.2, 0) is 6.54 Å². The summed E-state index contributed by atoms with van der Waals surface area (Å²) >= 11 is 15.2. The first-order valence-corrected chi connectivity index (χ1v) is 8.47. The molecule has 0 unspecified atom stereocenters. The minimum absolute atomic E-state index is 0.159. The molecular weight excluding hydrogens is 415 g/mol. The molecule has 0 radical (unpaired) electrons. The number of carbonyl (C=O) groups excluding carboxylic acids is 1. The van der Waals surface area contributed by atoms with Crippen molar-refractivity contribution in [1.82, 2.24) is 14.8 Å². The Bertz CT molecular complexity index is 897. The van der Waals surface area contributed by atoms with Crippen LogP contribution in [0.15, 0.2) is 53.3 Å². The van der Waals surface area contributed by atoms with Gasteiger partial charge in [-0.2, -0.15) is 5.10 Å². The minimum atomic E-state index is -0.338. The van der Waals surface area contributed by atoms with Gasteiger partial charge in [0.25, 0.3) is 5.91 Å². The van der Waals surface area contributed by atoms with Crippen LogP contribution in [-0.4, -0.2) is 20.7 Å². The average Bonchev–Trinajstić information content (AvgIpc) is 2.99. The second kappa shape index (κ2) is 7.34. The topological polar surface area (TPSA) is 59.8 Å². The predicted molar refractivity (Wildman–Crippen MR) is 97.7 cm³/mol. The zero-order valence-corrected chi connectivity index (χ0v) is 15.3. The average molecular weight is 426 g/mol. The molecule has 0 saturated heterocycles. The summed E-state index contributed by atoms with van der Waals surface area (Å²) in [6.07, 6.45) is 3.00. The summed E-state index contributed by atoms with van der Waals surface area (Å²) in [7, 11) is 0. The van der Waals surface area contributed by atoms with E-state index in [9.17, 15) is 4.79 Å². The van der Waals surface area contributed by atoms with Gasteiger partial charge in [0, 0.05) is 16.7 Å². The van der Waals surface area contributed by atoms with E-state index in [2.05, 4.69) is 31.3 Å². The maximum atomic E-state index is 12.3. The van der Waals surface area contributed by atoms with E-state index >= 15 is 0 Å². The van der Waals surface area contributed by atoms with Gasteiger partial charge in [0.2, 0.25) is 0 Å². The van der Waals surface area contributed by atoms with Crippen LogP contribution in [0.1, 0.15) is 15.9 Å². The molecule has 0 spiro atoms. The molecule has 8 heteroatoms. The molecular formula is C16H11BrCl2N4O. The maximum Gasteiger partial charge on any atom is 0.258 e. The van der Waals surface area contributed by atoms with Crippen LogP contribution in [0, 0.1) is 0 Å². The van der Waals surface area contributed by atoms with Crippen LogP contribution in [0.25, 0.3) is 0 Å². The Morgan fingerprint density at radius 2 is 2.04 bits per heavy atom. The maximum absolute atomic E-state index is 12.3. The van der Waals surface area contributed by atoms with Crippen molar-refractivity contribution in [3.8, 4) is 0 Å².